The van der Waals surface area contributed by atoms with Crippen LogP contribution in [0.4, 0.5) is 5.69 Å². The van der Waals surface area contributed by atoms with E-state index in [1.54, 1.807) is 19.3 Å². The van der Waals surface area contributed by atoms with Crippen LogP contribution in [0.1, 0.15) is 23.6 Å². The quantitative estimate of drug-likeness (QED) is 0.247. The second-order valence-corrected chi connectivity index (χ2v) is 9.69. The molecule has 1 amide bonds. The molecule has 1 heterocycles. The molecule has 3 aromatic rings. The van der Waals surface area contributed by atoms with Gasteiger partial charge in [-0.2, -0.15) is 5.26 Å². The van der Waals surface area contributed by atoms with Crippen LogP contribution in [-0.2, 0) is 11.4 Å². The molecular formula is C27H22IN3O4S. The average molecular weight is 611 g/mol. The Bertz CT molecular complexity index is 1380. The minimum absolute atomic E-state index is 0.216. The molecule has 4 rings (SSSR count). The number of rotatable bonds is 8. The molecule has 0 bridgehead atoms. The monoisotopic (exact) mass is 611 g/mol. The van der Waals surface area contributed by atoms with Gasteiger partial charge in [-0.25, -0.2) is 4.99 Å². The number of hydrogen-bond donors (Lipinski definition) is 1. The molecule has 1 fully saturated rings. The first-order valence-corrected chi connectivity index (χ1v) is 12.9. The summed E-state index contributed by atoms with van der Waals surface area (Å²) >= 11 is 3.45. The van der Waals surface area contributed by atoms with Crippen LogP contribution in [0.3, 0.4) is 0 Å². The Morgan fingerprint density at radius 3 is 2.64 bits per heavy atom. The van der Waals surface area contributed by atoms with Crippen molar-refractivity contribution in [2.45, 2.75) is 13.5 Å². The highest BCUT2D eigenvalue weighted by molar-refractivity contribution is 14.1. The third-order valence-electron chi connectivity index (χ3n) is 5.09. The fourth-order valence-corrected chi connectivity index (χ4v) is 5.02. The Balaban J connectivity index is 1.51. The van der Waals surface area contributed by atoms with Gasteiger partial charge >= 0.3 is 0 Å². The average Bonchev–Trinajstić information content (AvgIpc) is 3.22. The van der Waals surface area contributed by atoms with E-state index in [0.717, 1.165) is 26.1 Å². The maximum Gasteiger partial charge on any atom is 0.264 e. The predicted molar refractivity (Wildman–Crippen MR) is 150 cm³/mol. The van der Waals surface area contributed by atoms with Crippen molar-refractivity contribution in [3.05, 3.63) is 85.8 Å². The van der Waals surface area contributed by atoms with E-state index in [9.17, 15) is 10.1 Å². The third kappa shape index (κ3) is 6.19. The maximum atomic E-state index is 12.6. The molecule has 9 heteroatoms. The molecule has 182 valence electrons. The highest BCUT2D eigenvalue weighted by Gasteiger charge is 2.24. The Labute approximate surface area is 227 Å². The summed E-state index contributed by atoms with van der Waals surface area (Å²) in [6.45, 7) is 2.76. The van der Waals surface area contributed by atoms with Gasteiger partial charge in [0.2, 0.25) is 0 Å². The summed E-state index contributed by atoms with van der Waals surface area (Å²) < 4.78 is 17.9. The van der Waals surface area contributed by atoms with Gasteiger partial charge in [0.1, 0.15) is 12.4 Å². The number of halogens is 1. The minimum atomic E-state index is -0.216. The first-order chi connectivity index (χ1) is 17.5. The number of hydrogen-bond acceptors (Lipinski definition) is 7. The number of nitrogens with one attached hydrogen (secondary N) is 1. The SMILES string of the molecule is CCOc1ccc(N=C2NC(=O)/C(=C\c3cc(I)c(OCc4ccccc4C#N)c(OC)c3)S2)cc1. The number of amides is 1. The molecule has 1 aliphatic rings. The van der Waals surface area contributed by atoms with Crippen molar-refractivity contribution in [2.24, 2.45) is 4.99 Å². The van der Waals surface area contributed by atoms with Gasteiger partial charge in [-0.3, -0.25) is 4.79 Å². The van der Waals surface area contributed by atoms with E-state index in [2.05, 4.69) is 39.0 Å². The Hall–Kier alpha value is -3.49. The summed E-state index contributed by atoms with van der Waals surface area (Å²) in [5, 5.41) is 12.6. The second-order valence-electron chi connectivity index (χ2n) is 7.50. The summed E-state index contributed by atoms with van der Waals surface area (Å²) in [7, 11) is 1.57. The second kappa shape index (κ2) is 12.0. The fourth-order valence-electron chi connectivity index (χ4n) is 3.40. The summed E-state index contributed by atoms with van der Waals surface area (Å²) in [4.78, 5) is 17.6. The van der Waals surface area contributed by atoms with Gasteiger partial charge in [0.05, 0.1) is 39.5 Å². The first kappa shape index (κ1) is 25.6. The zero-order valence-electron chi connectivity index (χ0n) is 19.6. The molecule has 0 unspecified atom stereocenters. The molecule has 36 heavy (non-hydrogen) atoms. The van der Waals surface area contributed by atoms with Crippen molar-refractivity contribution in [3.63, 3.8) is 0 Å². The Morgan fingerprint density at radius 1 is 1.14 bits per heavy atom. The van der Waals surface area contributed by atoms with E-state index < -0.39 is 0 Å². The van der Waals surface area contributed by atoms with Gasteiger partial charge < -0.3 is 19.5 Å². The standard InChI is InChI=1S/C27H22IN3O4S/c1-3-34-21-10-8-20(9-11-21)30-27-31-26(32)24(36-27)14-17-12-22(28)25(23(13-17)33-2)35-16-19-7-5-4-6-18(19)15-29/h4-14H,3,16H2,1-2H3,(H,30,31,32)/b24-14+. The largest absolute Gasteiger partial charge is 0.494 e. The summed E-state index contributed by atoms with van der Waals surface area (Å²) in [5.41, 5.74) is 2.88. The van der Waals surface area contributed by atoms with Crippen molar-refractivity contribution in [3.8, 4) is 23.3 Å². The molecule has 0 spiro atoms. The van der Waals surface area contributed by atoms with E-state index in [1.165, 1.54) is 11.8 Å². The number of nitriles is 1. The van der Waals surface area contributed by atoms with Crippen LogP contribution >= 0.6 is 34.4 Å². The Morgan fingerprint density at radius 2 is 1.92 bits per heavy atom. The van der Waals surface area contributed by atoms with E-state index >= 15 is 0 Å². The van der Waals surface area contributed by atoms with Crippen molar-refractivity contribution in [2.75, 3.05) is 13.7 Å². The minimum Gasteiger partial charge on any atom is -0.494 e. The molecular weight excluding hydrogens is 589 g/mol. The predicted octanol–water partition coefficient (Wildman–Crippen LogP) is 6.04. The lowest BCUT2D eigenvalue weighted by Gasteiger charge is -2.14. The van der Waals surface area contributed by atoms with E-state index in [1.807, 2.05) is 61.5 Å². The number of amidine groups is 1. The Kier molecular flexibility index (Phi) is 8.51. The lowest BCUT2D eigenvalue weighted by Crippen LogP contribution is -2.19. The first-order valence-electron chi connectivity index (χ1n) is 11.0. The fraction of sp³-hybridized carbons (Fsp3) is 0.148. The van der Waals surface area contributed by atoms with E-state index in [0.29, 0.717) is 33.7 Å². The topological polar surface area (TPSA) is 92.9 Å². The molecule has 0 radical (unpaired) electrons. The third-order valence-corrected chi connectivity index (χ3v) is 6.80. The number of ether oxygens (including phenoxy) is 3. The molecule has 7 nitrogen and oxygen atoms in total. The number of thioether (sulfide) groups is 1. The lowest BCUT2D eigenvalue weighted by atomic mass is 10.1. The number of aliphatic imine (C=N–C) groups is 1. The van der Waals surface area contributed by atoms with Crippen LogP contribution in [0.2, 0.25) is 0 Å². The molecule has 0 aromatic heterocycles. The number of carbonyl (C=O) groups excluding carboxylic acids is 1. The van der Waals surface area contributed by atoms with E-state index in [4.69, 9.17) is 14.2 Å². The zero-order chi connectivity index (χ0) is 25.5. The van der Waals surface area contributed by atoms with Gasteiger partial charge in [0.15, 0.2) is 16.7 Å². The van der Waals surface area contributed by atoms with Crippen LogP contribution < -0.4 is 19.5 Å². The van der Waals surface area contributed by atoms with Crippen molar-refractivity contribution in [1.82, 2.24) is 5.32 Å². The molecule has 1 aliphatic heterocycles. The van der Waals surface area contributed by atoms with Crippen LogP contribution in [0, 0.1) is 14.9 Å². The summed E-state index contributed by atoms with van der Waals surface area (Å²) in [6, 6.07) is 20.6. The molecule has 1 saturated heterocycles. The van der Waals surface area contributed by atoms with Crippen molar-refractivity contribution < 1.29 is 19.0 Å². The van der Waals surface area contributed by atoms with Gasteiger partial charge in [0, 0.05) is 5.56 Å². The van der Waals surface area contributed by atoms with Crippen LogP contribution in [0.25, 0.3) is 6.08 Å². The highest BCUT2D eigenvalue weighted by Crippen LogP contribution is 2.37. The molecule has 1 N–H and O–H groups in total. The van der Waals surface area contributed by atoms with Crippen LogP contribution in [0.15, 0.2) is 70.6 Å². The van der Waals surface area contributed by atoms with Crippen molar-refractivity contribution in [1.29, 1.82) is 5.26 Å². The van der Waals surface area contributed by atoms with Crippen LogP contribution in [-0.4, -0.2) is 24.8 Å². The smallest absolute Gasteiger partial charge is 0.264 e. The lowest BCUT2D eigenvalue weighted by molar-refractivity contribution is -0.115. The van der Waals surface area contributed by atoms with E-state index in [-0.39, 0.29) is 12.5 Å². The number of carbonyl (C=O) groups is 1. The van der Waals surface area contributed by atoms with Crippen LogP contribution in [0.5, 0.6) is 17.2 Å². The van der Waals surface area contributed by atoms with Gasteiger partial charge in [-0.1, -0.05) is 18.2 Å². The summed E-state index contributed by atoms with van der Waals surface area (Å²) in [5.74, 6) is 1.67. The number of nitrogens with zero attached hydrogens (tertiary/aromatic N) is 2. The molecule has 0 atom stereocenters. The van der Waals surface area contributed by atoms with Gasteiger partial charge in [0.25, 0.3) is 5.91 Å². The number of benzene rings is 3. The number of methoxy groups -OCH3 is 1. The summed E-state index contributed by atoms with van der Waals surface area (Å²) in [6.07, 6.45) is 1.79. The normalized spacial score (nSPS) is 15.0. The van der Waals surface area contributed by atoms with Crippen molar-refractivity contribution >= 4 is 57.2 Å². The van der Waals surface area contributed by atoms with Gasteiger partial charge in [-0.15, -0.1) is 0 Å². The van der Waals surface area contributed by atoms with Gasteiger partial charge in [-0.05, 0) is 95.4 Å². The molecule has 0 saturated carbocycles. The molecule has 0 aliphatic carbocycles. The highest BCUT2D eigenvalue weighted by atomic mass is 127. The molecule has 3 aromatic carbocycles. The zero-order valence-corrected chi connectivity index (χ0v) is 22.6. The maximum absolute atomic E-state index is 12.6.